The highest BCUT2D eigenvalue weighted by Crippen LogP contribution is 2.22. The molecule has 7 nitrogen and oxygen atoms in total. The van der Waals surface area contributed by atoms with Crippen molar-refractivity contribution in [3.8, 4) is 0 Å². The van der Waals surface area contributed by atoms with Crippen molar-refractivity contribution in [3.63, 3.8) is 0 Å². The van der Waals surface area contributed by atoms with Gasteiger partial charge in [-0.05, 0) is 54.8 Å². The number of nitrogens with zero attached hydrogens (tertiary/aromatic N) is 2. The zero-order valence-corrected chi connectivity index (χ0v) is 15.9. The second-order valence-electron chi connectivity index (χ2n) is 6.88. The number of nitrogens with one attached hydrogen (secondary N) is 2. The van der Waals surface area contributed by atoms with Gasteiger partial charge in [-0.2, -0.15) is 0 Å². The predicted octanol–water partition coefficient (Wildman–Crippen LogP) is 3.46. The maximum atomic E-state index is 12.7. The van der Waals surface area contributed by atoms with Crippen LogP contribution in [-0.4, -0.2) is 29.9 Å². The topological polar surface area (TPSA) is 87.5 Å². The van der Waals surface area contributed by atoms with Crippen LogP contribution >= 0.6 is 0 Å². The highest BCUT2D eigenvalue weighted by atomic mass is 16.3. The highest BCUT2D eigenvalue weighted by molar-refractivity contribution is 6.02. The van der Waals surface area contributed by atoms with Crippen LogP contribution in [0.1, 0.15) is 39.3 Å². The molecule has 7 heteroatoms. The third kappa shape index (κ3) is 4.45. The summed E-state index contributed by atoms with van der Waals surface area (Å²) in [6.45, 7) is 2.25. The van der Waals surface area contributed by atoms with Crippen LogP contribution in [0.25, 0.3) is 0 Å². The molecule has 4 rings (SSSR count). The summed E-state index contributed by atoms with van der Waals surface area (Å²) in [4.78, 5) is 31.3. The number of pyridine rings is 1. The second kappa shape index (κ2) is 8.60. The fraction of sp³-hybridized carbons (Fsp3) is 0.227. The molecule has 2 N–H and O–H groups in total. The van der Waals surface area contributed by atoms with Gasteiger partial charge in [-0.1, -0.05) is 12.1 Å². The third-order valence-electron chi connectivity index (χ3n) is 4.85. The van der Waals surface area contributed by atoms with E-state index >= 15 is 0 Å². The Hall–Kier alpha value is -3.61. The number of hydrogen-bond donors (Lipinski definition) is 2. The number of aromatic nitrogens is 1. The summed E-state index contributed by atoms with van der Waals surface area (Å²) >= 11 is 0. The Balaban J connectivity index is 1.36. The number of amides is 2. The molecule has 0 saturated carbocycles. The molecule has 0 radical (unpaired) electrons. The number of carbonyl (C=O) groups is 2. The van der Waals surface area contributed by atoms with Crippen molar-refractivity contribution in [2.24, 2.45) is 0 Å². The number of anilines is 2. The predicted molar refractivity (Wildman–Crippen MR) is 110 cm³/mol. The zero-order valence-electron chi connectivity index (χ0n) is 15.9. The summed E-state index contributed by atoms with van der Waals surface area (Å²) in [5.41, 5.74) is 2.18. The van der Waals surface area contributed by atoms with E-state index in [1.165, 1.54) is 6.26 Å². The van der Waals surface area contributed by atoms with Crippen molar-refractivity contribution >= 4 is 23.3 Å². The summed E-state index contributed by atoms with van der Waals surface area (Å²) in [7, 11) is 0. The molecule has 0 unspecified atom stereocenters. The smallest absolute Gasteiger partial charge is 0.291 e. The molecule has 0 aliphatic carbocycles. The van der Waals surface area contributed by atoms with Gasteiger partial charge >= 0.3 is 0 Å². The normalized spacial score (nSPS) is 13.3. The Morgan fingerprint density at radius 2 is 1.79 bits per heavy atom. The quantitative estimate of drug-likeness (QED) is 0.673. The van der Waals surface area contributed by atoms with Crippen LogP contribution in [0.5, 0.6) is 0 Å². The molecular weight excluding hydrogens is 368 g/mol. The molecule has 1 aliphatic rings. The number of furan rings is 1. The lowest BCUT2D eigenvalue weighted by Gasteiger charge is -2.19. The Bertz CT molecular complexity index is 978. The average Bonchev–Trinajstić information content (AvgIpc) is 3.47. The molecule has 1 saturated heterocycles. The molecule has 0 spiro atoms. The number of benzene rings is 1. The van der Waals surface area contributed by atoms with Crippen molar-refractivity contribution < 1.29 is 14.0 Å². The first-order chi connectivity index (χ1) is 14.2. The van der Waals surface area contributed by atoms with E-state index in [2.05, 4.69) is 20.5 Å². The van der Waals surface area contributed by atoms with Gasteiger partial charge in [-0.3, -0.25) is 9.59 Å². The largest absolute Gasteiger partial charge is 0.459 e. The van der Waals surface area contributed by atoms with Crippen molar-refractivity contribution in [3.05, 3.63) is 77.9 Å². The molecule has 148 valence electrons. The van der Waals surface area contributed by atoms with E-state index in [0.29, 0.717) is 17.8 Å². The van der Waals surface area contributed by atoms with Gasteiger partial charge in [0.15, 0.2) is 5.76 Å². The van der Waals surface area contributed by atoms with Crippen molar-refractivity contribution in [2.45, 2.75) is 19.4 Å². The maximum absolute atomic E-state index is 12.7. The first-order valence-electron chi connectivity index (χ1n) is 9.63. The Kier molecular flexibility index (Phi) is 5.56. The summed E-state index contributed by atoms with van der Waals surface area (Å²) in [5, 5.41) is 5.72. The van der Waals surface area contributed by atoms with E-state index in [4.69, 9.17) is 4.42 Å². The van der Waals surface area contributed by atoms with Crippen LogP contribution in [0.3, 0.4) is 0 Å². The molecule has 2 amide bonds. The van der Waals surface area contributed by atoms with Crippen LogP contribution < -0.4 is 15.5 Å². The fourth-order valence-corrected chi connectivity index (χ4v) is 3.34. The lowest BCUT2D eigenvalue weighted by Crippen LogP contribution is -2.27. The summed E-state index contributed by atoms with van der Waals surface area (Å²) in [6.07, 6.45) is 5.43. The number of rotatable bonds is 6. The summed E-state index contributed by atoms with van der Waals surface area (Å²) < 4.78 is 5.08. The first kappa shape index (κ1) is 18.7. The van der Waals surface area contributed by atoms with Gasteiger partial charge in [-0.15, -0.1) is 0 Å². The van der Waals surface area contributed by atoms with Crippen LogP contribution in [0.4, 0.5) is 11.5 Å². The summed E-state index contributed by atoms with van der Waals surface area (Å²) in [5.74, 6) is 0.558. The van der Waals surface area contributed by atoms with Crippen LogP contribution in [-0.2, 0) is 6.54 Å². The van der Waals surface area contributed by atoms with E-state index in [1.807, 2.05) is 18.2 Å². The van der Waals surface area contributed by atoms with E-state index in [1.54, 1.807) is 36.5 Å². The van der Waals surface area contributed by atoms with Crippen molar-refractivity contribution in [2.75, 3.05) is 23.3 Å². The van der Waals surface area contributed by atoms with Crippen molar-refractivity contribution in [1.82, 2.24) is 10.3 Å². The van der Waals surface area contributed by atoms with E-state index in [0.717, 1.165) is 37.3 Å². The Labute approximate surface area is 168 Å². The van der Waals surface area contributed by atoms with Crippen LogP contribution in [0, 0.1) is 0 Å². The fourth-order valence-electron chi connectivity index (χ4n) is 3.34. The third-order valence-corrected chi connectivity index (χ3v) is 4.85. The molecule has 1 aromatic carbocycles. The van der Waals surface area contributed by atoms with E-state index in [9.17, 15) is 9.59 Å². The first-order valence-corrected chi connectivity index (χ1v) is 9.63. The van der Waals surface area contributed by atoms with Gasteiger partial charge < -0.3 is 20.0 Å². The molecular formula is C22H22N4O3. The highest BCUT2D eigenvalue weighted by Gasteiger charge is 2.20. The molecule has 3 heterocycles. The lowest BCUT2D eigenvalue weighted by molar-refractivity contribution is 0.0950. The number of carbonyl (C=O) groups excluding carboxylic acids is 2. The molecule has 1 aliphatic heterocycles. The average molecular weight is 390 g/mol. The zero-order chi connectivity index (χ0) is 20.1. The Morgan fingerprint density at radius 3 is 2.52 bits per heavy atom. The molecule has 2 aromatic heterocycles. The van der Waals surface area contributed by atoms with Gasteiger partial charge in [0.25, 0.3) is 11.8 Å². The van der Waals surface area contributed by atoms with Gasteiger partial charge in [-0.25, -0.2) is 4.98 Å². The molecule has 0 bridgehead atoms. The van der Waals surface area contributed by atoms with Gasteiger partial charge in [0.1, 0.15) is 5.82 Å². The molecule has 1 fully saturated rings. The van der Waals surface area contributed by atoms with Crippen LogP contribution in [0.15, 0.2) is 65.4 Å². The second-order valence-corrected chi connectivity index (χ2v) is 6.88. The maximum Gasteiger partial charge on any atom is 0.291 e. The van der Waals surface area contributed by atoms with E-state index < -0.39 is 0 Å². The van der Waals surface area contributed by atoms with Crippen LogP contribution in [0.2, 0.25) is 0 Å². The van der Waals surface area contributed by atoms with E-state index in [-0.39, 0.29) is 17.6 Å². The van der Waals surface area contributed by atoms with Gasteiger partial charge in [0, 0.05) is 31.5 Å². The van der Waals surface area contributed by atoms with Crippen molar-refractivity contribution in [1.29, 1.82) is 0 Å². The summed E-state index contributed by atoms with van der Waals surface area (Å²) in [6, 6.07) is 14.2. The Morgan fingerprint density at radius 1 is 1.00 bits per heavy atom. The lowest BCUT2D eigenvalue weighted by atomic mass is 10.2. The SMILES string of the molecule is O=C(Nc1ccc(CNC(=O)c2cccnc2N2CCCC2)cc1)c1ccco1. The molecule has 29 heavy (non-hydrogen) atoms. The standard InChI is InChI=1S/C22H22N4O3/c27-21(18-5-3-11-23-20(18)26-12-1-2-13-26)24-15-16-7-9-17(10-8-16)25-22(28)19-6-4-14-29-19/h3-11,14H,1-2,12-13,15H2,(H,24,27)(H,25,28). The van der Waals surface area contributed by atoms with Gasteiger partial charge in [0.05, 0.1) is 11.8 Å². The molecule has 3 aromatic rings. The molecule has 0 atom stereocenters. The minimum atomic E-state index is -0.304. The minimum absolute atomic E-state index is 0.143. The number of hydrogen-bond acceptors (Lipinski definition) is 5. The minimum Gasteiger partial charge on any atom is -0.459 e. The monoisotopic (exact) mass is 390 g/mol. The van der Waals surface area contributed by atoms with Gasteiger partial charge in [0.2, 0.25) is 0 Å².